The Labute approximate surface area is 111 Å². The van der Waals surface area contributed by atoms with Gasteiger partial charge in [-0.05, 0) is 50.7 Å². The molecular formula is C13H26N2O2S. The SMILES string of the molecule is CCC1(CN2CCCS(=O)(=O)CC2)CCNCC1. The van der Waals surface area contributed by atoms with E-state index in [1.54, 1.807) is 0 Å². The van der Waals surface area contributed by atoms with Crippen molar-refractivity contribution in [1.82, 2.24) is 10.2 Å². The molecule has 0 saturated carbocycles. The van der Waals surface area contributed by atoms with Crippen molar-refractivity contribution in [3.05, 3.63) is 0 Å². The summed E-state index contributed by atoms with van der Waals surface area (Å²) >= 11 is 0. The highest BCUT2D eigenvalue weighted by molar-refractivity contribution is 7.91. The second-order valence-electron chi connectivity index (χ2n) is 5.89. The maximum absolute atomic E-state index is 11.6. The molecule has 0 radical (unpaired) electrons. The minimum Gasteiger partial charge on any atom is -0.317 e. The number of nitrogens with zero attached hydrogens (tertiary/aromatic N) is 1. The van der Waals surface area contributed by atoms with Crippen LogP contribution in [0.5, 0.6) is 0 Å². The summed E-state index contributed by atoms with van der Waals surface area (Å²) in [5.74, 6) is 0.731. The minimum absolute atomic E-state index is 0.352. The summed E-state index contributed by atoms with van der Waals surface area (Å²) in [7, 11) is -2.77. The average molecular weight is 274 g/mol. The first-order chi connectivity index (χ1) is 8.55. The van der Waals surface area contributed by atoms with Gasteiger partial charge < -0.3 is 10.2 Å². The Morgan fingerprint density at radius 3 is 2.56 bits per heavy atom. The maximum atomic E-state index is 11.6. The van der Waals surface area contributed by atoms with E-state index in [1.807, 2.05) is 0 Å². The van der Waals surface area contributed by atoms with E-state index in [2.05, 4.69) is 17.1 Å². The summed E-state index contributed by atoms with van der Waals surface area (Å²) in [6.07, 6.45) is 4.47. The van der Waals surface area contributed by atoms with Gasteiger partial charge in [-0.2, -0.15) is 0 Å². The largest absolute Gasteiger partial charge is 0.317 e. The number of sulfone groups is 1. The van der Waals surface area contributed by atoms with Crippen LogP contribution in [0.15, 0.2) is 0 Å². The molecule has 2 heterocycles. The molecule has 0 aromatic carbocycles. The third kappa shape index (κ3) is 3.68. The summed E-state index contributed by atoms with van der Waals surface area (Å²) in [5.41, 5.74) is 0.416. The molecule has 0 aromatic rings. The Morgan fingerprint density at radius 1 is 1.17 bits per heavy atom. The third-order valence-corrected chi connectivity index (χ3v) is 6.34. The molecule has 0 amide bonds. The van der Waals surface area contributed by atoms with Gasteiger partial charge in [-0.1, -0.05) is 6.92 Å². The zero-order chi connectivity index (χ0) is 13.1. The Bertz CT molecular complexity index is 361. The Morgan fingerprint density at radius 2 is 1.89 bits per heavy atom. The molecule has 5 heteroatoms. The molecule has 2 saturated heterocycles. The molecule has 106 valence electrons. The van der Waals surface area contributed by atoms with Crippen molar-refractivity contribution < 1.29 is 8.42 Å². The summed E-state index contributed by atoms with van der Waals surface area (Å²) in [6, 6.07) is 0. The number of hydrogen-bond donors (Lipinski definition) is 1. The zero-order valence-electron chi connectivity index (χ0n) is 11.5. The molecule has 0 spiro atoms. The molecule has 4 nitrogen and oxygen atoms in total. The number of rotatable bonds is 3. The molecule has 2 aliphatic heterocycles. The van der Waals surface area contributed by atoms with Crippen LogP contribution in [-0.4, -0.2) is 57.5 Å². The highest BCUT2D eigenvalue weighted by atomic mass is 32.2. The summed E-state index contributed by atoms with van der Waals surface area (Å²) in [4.78, 5) is 2.39. The van der Waals surface area contributed by atoms with E-state index >= 15 is 0 Å². The van der Waals surface area contributed by atoms with Gasteiger partial charge in [0.25, 0.3) is 0 Å². The van der Waals surface area contributed by atoms with Crippen LogP contribution in [-0.2, 0) is 9.84 Å². The lowest BCUT2D eigenvalue weighted by Gasteiger charge is -2.40. The fourth-order valence-corrected chi connectivity index (χ4v) is 4.51. The van der Waals surface area contributed by atoms with E-state index in [0.717, 1.165) is 39.1 Å². The minimum atomic E-state index is -2.77. The molecule has 2 fully saturated rings. The second-order valence-corrected chi connectivity index (χ2v) is 8.19. The first-order valence-electron chi connectivity index (χ1n) is 7.19. The molecule has 18 heavy (non-hydrogen) atoms. The lowest BCUT2D eigenvalue weighted by molar-refractivity contribution is 0.111. The van der Waals surface area contributed by atoms with Gasteiger partial charge in [-0.25, -0.2) is 8.42 Å². The Balaban J connectivity index is 1.95. The maximum Gasteiger partial charge on any atom is 0.151 e. The highest BCUT2D eigenvalue weighted by Crippen LogP contribution is 2.33. The highest BCUT2D eigenvalue weighted by Gasteiger charge is 2.33. The van der Waals surface area contributed by atoms with E-state index in [1.165, 1.54) is 19.3 Å². The molecule has 1 N–H and O–H groups in total. The van der Waals surface area contributed by atoms with Crippen molar-refractivity contribution in [2.75, 3.05) is 44.2 Å². The van der Waals surface area contributed by atoms with E-state index in [9.17, 15) is 8.42 Å². The average Bonchev–Trinajstić information content (AvgIpc) is 2.52. The van der Waals surface area contributed by atoms with Gasteiger partial charge in [0, 0.05) is 13.1 Å². The lowest BCUT2D eigenvalue weighted by atomic mass is 9.76. The van der Waals surface area contributed by atoms with Gasteiger partial charge in [0.2, 0.25) is 0 Å². The van der Waals surface area contributed by atoms with Gasteiger partial charge >= 0.3 is 0 Å². The first kappa shape index (κ1) is 14.3. The van der Waals surface area contributed by atoms with Gasteiger partial charge in [0.1, 0.15) is 0 Å². The molecule has 0 aliphatic carbocycles. The Hall–Kier alpha value is -0.130. The van der Waals surface area contributed by atoms with Crippen molar-refractivity contribution in [3.8, 4) is 0 Å². The standard InChI is InChI=1S/C13H26N2O2S/c1-2-13(4-6-14-7-5-13)12-15-8-3-10-18(16,17)11-9-15/h14H,2-12H2,1H3. The van der Waals surface area contributed by atoms with Crippen LogP contribution in [0.1, 0.15) is 32.6 Å². The van der Waals surface area contributed by atoms with Crippen LogP contribution < -0.4 is 5.32 Å². The smallest absolute Gasteiger partial charge is 0.151 e. The van der Waals surface area contributed by atoms with Crippen LogP contribution in [0, 0.1) is 5.41 Å². The van der Waals surface area contributed by atoms with Crippen LogP contribution in [0.3, 0.4) is 0 Å². The molecular weight excluding hydrogens is 248 g/mol. The molecule has 0 aromatic heterocycles. The summed E-state index contributed by atoms with van der Waals surface area (Å²) in [5, 5.41) is 3.42. The Kier molecular flexibility index (Phi) is 4.67. The van der Waals surface area contributed by atoms with Crippen LogP contribution >= 0.6 is 0 Å². The molecule has 2 aliphatic rings. The van der Waals surface area contributed by atoms with Gasteiger partial charge in [0.05, 0.1) is 11.5 Å². The molecule has 2 rings (SSSR count). The fraction of sp³-hybridized carbons (Fsp3) is 1.00. The molecule has 0 unspecified atom stereocenters. The second kappa shape index (κ2) is 5.88. The van der Waals surface area contributed by atoms with E-state index in [-0.39, 0.29) is 0 Å². The predicted octanol–water partition coefficient (Wildman–Crippen LogP) is 0.887. The summed E-state index contributed by atoms with van der Waals surface area (Å²) in [6.45, 7) is 7.27. The van der Waals surface area contributed by atoms with Crippen LogP contribution in [0.2, 0.25) is 0 Å². The number of nitrogens with one attached hydrogen (secondary N) is 1. The van der Waals surface area contributed by atoms with Gasteiger partial charge in [0.15, 0.2) is 9.84 Å². The van der Waals surface area contributed by atoms with Gasteiger partial charge in [-0.3, -0.25) is 0 Å². The third-order valence-electron chi connectivity index (χ3n) is 4.62. The quantitative estimate of drug-likeness (QED) is 0.830. The van der Waals surface area contributed by atoms with Gasteiger partial charge in [-0.15, -0.1) is 0 Å². The topological polar surface area (TPSA) is 49.4 Å². The van der Waals surface area contributed by atoms with Crippen molar-refractivity contribution >= 4 is 9.84 Å². The van der Waals surface area contributed by atoms with E-state index in [4.69, 9.17) is 0 Å². The first-order valence-corrected chi connectivity index (χ1v) is 9.01. The van der Waals surface area contributed by atoms with Crippen molar-refractivity contribution in [3.63, 3.8) is 0 Å². The van der Waals surface area contributed by atoms with E-state index in [0.29, 0.717) is 16.9 Å². The number of hydrogen-bond acceptors (Lipinski definition) is 4. The fourth-order valence-electron chi connectivity index (χ4n) is 3.20. The van der Waals surface area contributed by atoms with Crippen LogP contribution in [0.25, 0.3) is 0 Å². The van der Waals surface area contributed by atoms with Crippen molar-refractivity contribution in [1.29, 1.82) is 0 Å². The zero-order valence-corrected chi connectivity index (χ0v) is 12.3. The predicted molar refractivity (Wildman–Crippen MR) is 74.5 cm³/mol. The monoisotopic (exact) mass is 274 g/mol. The number of piperidine rings is 1. The van der Waals surface area contributed by atoms with Crippen molar-refractivity contribution in [2.45, 2.75) is 32.6 Å². The summed E-state index contributed by atoms with van der Waals surface area (Å²) < 4.78 is 23.2. The molecule has 0 atom stereocenters. The van der Waals surface area contributed by atoms with Crippen molar-refractivity contribution in [2.24, 2.45) is 5.41 Å². The van der Waals surface area contributed by atoms with Crippen LogP contribution in [0.4, 0.5) is 0 Å². The van der Waals surface area contributed by atoms with E-state index < -0.39 is 9.84 Å². The normalized spacial score (nSPS) is 28.7. The molecule has 0 bridgehead atoms. The lowest BCUT2D eigenvalue weighted by Crippen LogP contribution is -2.45.